The summed E-state index contributed by atoms with van der Waals surface area (Å²) in [6.45, 7) is 4.64. The Morgan fingerprint density at radius 2 is 1.76 bits per heavy atom. The summed E-state index contributed by atoms with van der Waals surface area (Å²) >= 11 is 16.4. The third kappa shape index (κ3) is 3.94. The van der Waals surface area contributed by atoms with Gasteiger partial charge in [-0.1, -0.05) is 76.4 Å². The molecule has 0 spiro atoms. The van der Waals surface area contributed by atoms with E-state index in [1.807, 2.05) is 31.2 Å². The fourth-order valence-corrected chi connectivity index (χ4v) is 3.53. The minimum absolute atomic E-state index is 0.0839. The number of hydrogen-bond donors (Lipinski definition) is 0. The van der Waals surface area contributed by atoms with Crippen LogP contribution in [0.1, 0.15) is 35.7 Å². The lowest BCUT2D eigenvalue weighted by atomic mass is 9.93. The molecule has 21 heavy (non-hydrogen) atoms. The first kappa shape index (κ1) is 16.7. The zero-order valence-electron chi connectivity index (χ0n) is 11.9. The summed E-state index contributed by atoms with van der Waals surface area (Å²) in [5.41, 5.74) is 2.22. The maximum Gasteiger partial charge on any atom is 0.139 e. The van der Waals surface area contributed by atoms with Crippen molar-refractivity contribution >= 4 is 39.1 Å². The molecular formula is C17H17BrCl2O. The molecule has 0 saturated carbocycles. The molecule has 4 heteroatoms. The Hall–Kier alpha value is -0.700. The number of benzene rings is 2. The maximum absolute atomic E-state index is 6.39. The highest BCUT2D eigenvalue weighted by Crippen LogP contribution is 2.43. The summed E-state index contributed by atoms with van der Waals surface area (Å²) in [5.74, 6) is 0.901. The minimum Gasteiger partial charge on any atom is -0.492 e. The van der Waals surface area contributed by atoms with Crippen molar-refractivity contribution in [3.63, 3.8) is 0 Å². The Morgan fingerprint density at radius 1 is 1.10 bits per heavy atom. The molecule has 2 rings (SSSR count). The lowest BCUT2D eigenvalue weighted by Crippen LogP contribution is -2.03. The molecular weight excluding hydrogens is 371 g/mol. The van der Waals surface area contributed by atoms with E-state index in [-0.39, 0.29) is 10.7 Å². The van der Waals surface area contributed by atoms with Crippen LogP contribution in [0.5, 0.6) is 5.75 Å². The molecule has 0 saturated heterocycles. The van der Waals surface area contributed by atoms with Gasteiger partial charge in [0.25, 0.3) is 0 Å². The van der Waals surface area contributed by atoms with Crippen LogP contribution in [-0.4, -0.2) is 6.61 Å². The monoisotopic (exact) mass is 386 g/mol. The summed E-state index contributed by atoms with van der Waals surface area (Å²) < 4.78 is 5.47. The molecule has 0 aliphatic heterocycles. The van der Waals surface area contributed by atoms with Crippen molar-refractivity contribution in [2.45, 2.75) is 24.6 Å². The van der Waals surface area contributed by atoms with Gasteiger partial charge in [-0.15, -0.1) is 0 Å². The largest absolute Gasteiger partial charge is 0.492 e. The van der Waals surface area contributed by atoms with E-state index < -0.39 is 0 Å². The van der Waals surface area contributed by atoms with Gasteiger partial charge in [-0.2, -0.15) is 0 Å². The highest BCUT2D eigenvalue weighted by Gasteiger charge is 2.22. The third-order valence-electron chi connectivity index (χ3n) is 3.41. The molecule has 0 heterocycles. The molecule has 2 unspecified atom stereocenters. The second-order valence-corrected chi connectivity index (χ2v) is 6.64. The lowest BCUT2D eigenvalue weighted by Gasteiger charge is -2.21. The molecule has 2 aromatic carbocycles. The number of halogens is 3. The average molecular weight is 388 g/mol. The van der Waals surface area contributed by atoms with Crippen molar-refractivity contribution in [1.82, 2.24) is 0 Å². The predicted molar refractivity (Wildman–Crippen MR) is 94.2 cm³/mol. The van der Waals surface area contributed by atoms with Gasteiger partial charge in [0, 0.05) is 15.9 Å². The van der Waals surface area contributed by atoms with Crippen molar-refractivity contribution in [3.05, 3.63) is 63.6 Å². The molecule has 0 fully saturated rings. The summed E-state index contributed by atoms with van der Waals surface area (Å²) in [6.07, 6.45) is 0. The molecule has 2 aromatic rings. The Bertz CT molecular complexity index is 601. The van der Waals surface area contributed by atoms with Gasteiger partial charge in [0.15, 0.2) is 0 Å². The highest BCUT2D eigenvalue weighted by molar-refractivity contribution is 9.09. The van der Waals surface area contributed by atoms with E-state index in [2.05, 4.69) is 35.0 Å². The SMILES string of the molecule is CCOc1cc(Cl)c(C(Br)C(C)c2ccccc2)cc1Cl. The van der Waals surface area contributed by atoms with Crippen LogP contribution in [0.15, 0.2) is 42.5 Å². The van der Waals surface area contributed by atoms with Gasteiger partial charge >= 0.3 is 0 Å². The van der Waals surface area contributed by atoms with Gasteiger partial charge in [0.1, 0.15) is 5.75 Å². The minimum atomic E-state index is 0.0839. The van der Waals surface area contributed by atoms with E-state index in [4.69, 9.17) is 27.9 Å². The van der Waals surface area contributed by atoms with Crippen LogP contribution in [0.25, 0.3) is 0 Å². The second-order valence-electron chi connectivity index (χ2n) is 4.84. The van der Waals surface area contributed by atoms with Crippen LogP contribution in [0.4, 0.5) is 0 Å². The number of ether oxygens (including phenoxy) is 1. The fraction of sp³-hybridized carbons (Fsp3) is 0.294. The van der Waals surface area contributed by atoms with Crippen molar-refractivity contribution in [2.24, 2.45) is 0 Å². The molecule has 0 aliphatic carbocycles. The molecule has 0 radical (unpaired) electrons. The first-order valence-corrected chi connectivity index (χ1v) is 8.52. The Balaban J connectivity index is 2.31. The summed E-state index contributed by atoms with van der Waals surface area (Å²) in [4.78, 5) is 0.0839. The normalized spacial score (nSPS) is 13.8. The number of hydrogen-bond acceptors (Lipinski definition) is 1. The van der Waals surface area contributed by atoms with E-state index in [0.29, 0.717) is 22.4 Å². The molecule has 0 aromatic heterocycles. The lowest BCUT2D eigenvalue weighted by molar-refractivity contribution is 0.340. The van der Waals surface area contributed by atoms with Crippen molar-refractivity contribution < 1.29 is 4.74 Å². The Kier molecular flexibility index (Phi) is 5.98. The van der Waals surface area contributed by atoms with E-state index in [1.165, 1.54) is 5.56 Å². The first-order chi connectivity index (χ1) is 10.0. The second kappa shape index (κ2) is 7.53. The molecule has 0 N–H and O–H groups in total. The molecule has 1 nitrogen and oxygen atoms in total. The number of alkyl halides is 1. The van der Waals surface area contributed by atoms with Gasteiger partial charge in [-0.25, -0.2) is 0 Å². The maximum atomic E-state index is 6.39. The standard InChI is InChI=1S/C17H17BrCl2O/c1-3-21-16-10-14(19)13(9-15(16)20)17(18)11(2)12-7-5-4-6-8-12/h4-11,17H,3H2,1-2H3. The van der Waals surface area contributed by atoms with Crippen molar-refractivity contribution in [1.29, 1.82) is 0 Å². The van der Waals surface area contributed by atoms with Gasteiger partial charge in [0.05, 0.1) is 11.6 Å². The predicted octanol–water partition coefficient (Wildman–Crippen LogP) is 6.63. The summed E-state index contributed by atoms with van der Waals surface area (Å²) in [6, 6.07) is 14.0. The number of rotatable bonds is 5. The van der Waals surface area contributed by atoms with Gasteiger partial charge < -0.3 is 4.74 Å². The van der Waals surface area contributed by atoms with Gasteiger partial charge in [0.2, 0.25) is 0 Å². The van der Waals surface area contributed by atoms with E-state index >= 15 is 0 Å². The Morgan fingerprint density at radius 3 is 2.38 bits per heavy atom. The van der Waals surface area contributed by atoms with E-state index in [9.17, 15) is 0 Å². The van der Waals surface area contributed by atoms with E-state index in [1.54, 1.807) is 6.07 Å². The Labute approximate surface area is 144 Å². The smallest absolute Gasteiger partial charge is 0.139 e. The topological polar surface area (TPSA) is 9.23 Å². The molecule has 0 bridgehead atoms. The van der Waals surface area contributed by atoms with Gasteiger partial charge in [-0.3, -0.25) is 0 Å². The van der Waals surface area contributed by atoms with Gasteiger partial charge in [-0.05, 0) is 30.0 Å². The van der Waals surface area contributed by atoms with Crippen LogP contribution in [0.2, 0.25) is 10.0 Å². The summed E-state index contributed by atoms with van der Waals surface area (Å²) in [7, 11) is 0. The third-order valence-corrected chi connectivity index (χ3v) is 5.32. The zero-order valence-corrected chi connectivity index (χ0v) is 15.0. The van der Waals surface area contributed by atoms with Crippen LogP contribution >= 0.6 is 39.1 Å². The van der Waals surface area contributed by atoms with Crippen LogP contribution in [0, 0.1) is 0 Å². The van der Waals surface area contributed by atoms with Crippen molar-refractivity contribution in [3.8, 4) is 5.75 Å². The van der Waals surface area contributed by atoms with E-state index in [0.717, 1.165) is 5.56 Å². The fourth-order valence-electron chi connectivity index (χ4n) is 2.22. The molecule has 0 aliphatic rings. The first-order valence-electron chi connectivity index (χ1n) is 6.85. The average Bonchev–Trinajstić information content (AvgIpc) is 2.50. The highest BCUT2D eigenvalue weighted by atomic mass is 79.9. The molecule has 112 valence electrons. The van der Waals surface area contributed by atoms with Crippen LogP contribution in [0.3, 0.4) is 0 Å². The quantitative estimate of drug-likeness (QED) is 0.523. The molecule has 0 amide bonds. The summed E-state index contributed by atoms with van der Waals surface area (Å²) in [5, 5.41) is 1.24. The van der Waals surface area contributed by atoms with Crippen LogP contribution < -0.4 is 4.74 Å². The van der Waals surface area contributed by atoms with Crippen molar-refractivity contribution in [2.75, 3.05) is 6.61 Å². The molecule has 2 atom stereocenters. The van der Waals surface area contributed by atoms with Crippen LogP contribution in [-0.2, 0) is 0 Å². The zero-order chi connectivity index (χ0) is 15.4.